The molecule has 1 amide bonds. The first-order valence-corrected chi connectivity index (χ1v) is 8.75. The Labute approximate surface area is 152 Å². The van der Waals surface area contributed by atoms with Crippen molar-refractivity contribution in [3.63, 3.8) is 0 Å². The Kier molecular flexibility index (Phi) is 5.72. The van der Waals surface area contributed by atoms with Gasteiger partial charge < -0.3 is 4.90 Å². The van der Waals surface area contributed by atoms with E-state index in [0.29, 0.717) is 22.3 Å². The highest BCUT2D eigenvalue weighted by Gasteiger charge is 2.20. The summed E-state index contributed by atoms with van der Waals surface area (Å²) < 4.78 is 0. The molecule has 0 unspecified atom stereocenters. The van der Waals surface area contributed by atoms with Gasteiger partial charge in [0.25, 0.3) is 5.91 Å². The molecule has 1 fully saturated rings. The number of pyridine rings is 1. The van der Waals surface area contributed by atoms with Crippen molar-refractivity contribution in [1.82, 2.24) is 14.8 Å². The van der Waals surface area contributed by atoms with E-state index in [1.54, 1.807) is 12.1 Å². The number of aromatic nitrogens is 1. The van der Waals surface area contributed by atoms with Crippen LogP contribution in [-0.2, 0) is 6.54 Å². The van der Waals surface area contributed by atoms with Crippen molar-refractivity contribution in [1.29, 1.82) is 0 Å². The van der Waals surface area contributed by atoms with Gasteiger partial charge in [0.15, 0.2) is 0 Å². The van der Waals surface area contributed by atoms with E-state index >= 15 is 0 Å². The highest BCUT2D eigenvalue weighted by Crippen LogP contribution is 2.15. The Morgan fingerprint density at radius 1 is 1.08 bits per heavy atom. The van der Waals surface area contributed by atoms with Gasteiger partial charge in [-0.15, -0.1) is 0 Å². The van der Waals surface area contributed by atoms with Gasteiger partial charge in [-0.25, -0.2) is 4.98 Å². The lowest BCUT2D eigenvalue weighted by Gasteiger charge is -2.22. The Morgan fingerprint density at radius 3 is 2.71 bits per heavy atom. The molecule has 1 aromatic heterocycles. The predicted octanol–water partition coefficient (Wildman–Crippen LogP) is 3.74. The van der Waals surface area contributed by atoms with Crippen LogP contribution in [-0.4, -0.2) is 46.9 Å². The van der Waals surface area contributed by atoms with Crippen LogP contribution in [0.2, 0.25) is 10.2 Å². The third kappa shape index (κ3) is 4.47. The molecule has 24 heavy (non-hydrogen) atoms. The maximum atomic E-state index is 12.6. The maximum Gasteiger partial charge on any atom is 0.253 e. The third-order valence-electron chi connectivity index (χ3n) is 4.14. The van der Waals surface area contributed by atoms with Gasteiger partial charge >= 0.3 is 0 Å². The molecule has 0 atom stereocenters. The van der Waals surface area contributed by atoms with Crippen molar-refractivity contribution in [2.24, 2.45) is 0 Å². The van der Waals surface area contributed by atoms with Crippen molar-refractivity contribution in [3.8, 4) is 0 Å². The van der Waals surface area contributed by atoms with Gasteiger partial charge in [-0.2, -0.15) is 0 Å². The van der Waals surface area contributed by atoms with Crippen LogP contribution in [0.1, 0.15) is 22.3 Å². The van der Waals surface area contributed by atoms with Crippen LogP contribution in [0, 0.1) is 0 Å². The van der Waals surface area contributed by atoms with Crippen LogP contribution in [0.25, 0.3) is 0 Å². The normalized spacial score (nSPS) is 16.0. The van der Waals surface area contributed by atoms with Crippen molar-refractivity contribution in [2.75, 3.05) is 26.2 Å². The number of amides is 1. The summed E-state index contributed by atoms with van der Waals surface area (Å²) in [5.41, 5.74) is 1.78. The van der Waals surface area contributed by atoms with Crippen molar-refractivity contribution in [3.05, 3.63) is 63.9 Å². The number of hydrogen-bond acceptors (Lipinski definition) is 3. The first-order valence-electron chi connectivity index (χ1n) is 7.99. The molecule has 0 saturated carbocycles. The number of rotatable bonds is 3. The number of carbonyl (C=O) groups is 1. The lowest BCUT2D eigenvalue weighted by Crippen LogP contribution is -2.35. The van der Waals surface area contributed by atoms with Gasteiger partial charge in [-0.1, -0.05) is 35.3 Å². The third-order valence-corrected chi connectivity index (χ3v) is 4.60. The molecule has 4 nitrogen and oxygen atoms in total. The minimum absolute atomic E-state index is 0.0486. The van der Waals surface area contributed by atoms with E-state index in [-0.39, 0.29) is 5.91 Å². The van der Waals surface area contributed by atoms with E-state index in [1.165, 1.54) is 0 Å². The highest BCUT2D eigenvalue weighted by atomic mass is 35.5. The Morgan fingerprint density at radius 2 is 1.96 bits per heavy atom. The van der Waals surface area contributed by atoms with Gasteiger partial charge in [0.2, 0.25) is 0 Å². The number of benzene rings is 1. The molecule has 2 heterocycles. The van der Waals surface area contributed by atoms with E-state index < -0.39 is 0 Å². The lowest BCUT2D eigenvalue weighted by atomic mass is 10.2. The number of nitrogens with zero attached hydrogens (tertiary/aromatic N) is 3. The van der Waals surface area contributed by atoms with E-state index in [1.807, 2.05) is 35.4 Å². The molecular formula is C18H19Cl2N3O. The van der Waals surface area contributed by atoms with Crippen LogP contribution in [0.4, 0.5) is 0 Å². The molecule has 126 valence electrons. The molecule has 0 aliphatic carbocycles. The van der Waals surface area contributed by atoms with E-state index in [0.717, 1.165) is 38.2 Å². The van der Waals surface area contributed by atoms with E-state index in [4.69, 9.17) is 23.2 Å². The molecule has 0 N–H and O–H groups in total. The molecule has 2 aromatic rings. The summed E-state index contributed by atoms with van der Waals surface area (Å²) in [5, 5.41) is 1.10. The first-order chi connectivity index (χ1) is 11.6. The lowest BCUT2D eigenvalue weighted by molar-refractivity contribution is 0.0761. The Balaban J connectivity index is 1.60. The minimum atomic E-state index is 0.0486. The number of carbonyl (C=O) groups excluding carboxylic acids is 1. The van der Waals surface area contributed by atoms with Crippen LogP contribution >= 0.6 is 23.2 Å². The topological polar surface area (TPSA) is 36.4 Å². The Bertz CT molecular complexity index is 706. The fourth-order valence-electron chi connectivity index (χ4n) is 2.89. The fourth-order valence-corrected chi connectivity index (χ4v) is 3.20. The average Bonchev–Trinajstić information content (AvgIpc) is 2.82. The minimum Gasteiger partial charge on any atom is -0.337 e. The zero-order chi connectivity index (χ0) is 16.9. The van der Waals surface area contributed by atoms with Gasteiger partial charge in [0.1, 0.15) is 5.15 Å². The van der Waals surface area contributed by atoms with Crippen LogP contribution < -0.4 is 0 Å². The summed E-state index contributed by atoms with van der Waals surface area (Å²) in [6.07, 6.45) is 2.76. The van der Waals surface area contributed by atoms with E-state index in [2.05, 4.69) is 9.88 Å². The van der Waals surface area contributed by atoms with Crippen molar-refractivity contribution in [2.45, 2.75) is 13.0 Å². The van der Waals surface area contributed by atoms with Crippen molar-refractivity contribution < 1.29 is 4.79 Å². The molecule has 0 bridgehead atoms. The molecule has 1 aliphatic rings. The van der Waals surface area contributed by atoms with Gasteiger partial charge in [-0.3, -0.25) is 9.69 Å². The summed E-state index contributed by atoms with van der Waals surface area (Å²) in [7, 11) is 0. The number of hydrogen-bond donors (Lipinski definition) is 0. The SMILES string of the molecule is O=C(c1cccc(Cl)c1)N1CCCN(Cc2ccc(Cl)nc2)CC1. The standard InChI is InChI=1S/C18H19Cl2N3O/c19-16-4-1-3-15(11-16)18(24)23-8-2-7-22(9-10-23)13-14-5-6-17(20)21-12-14/h1,3-6,11-12H,2,7-10,13H2. The molecular weight excluding hydrogens is 345 g/mol. The molecule has 6 heteroatoms. The highest BCUT2D eigenvalue weighted by molar-refractivity contribution is 6.31. The summed E-state index contributed by atoms with van der Waals surface area (Å²) in [5.74, 6) is 0.0486. The zero-order valence-electron chi connectivity index (χ0n) is 13.3. The second kappa shape index (κ2) is 7.97. The van der Waals surface area contributed by atoms with Crippen LogP contribution in [0.5, 0.6) is 0 Å². The monoisotopic (exact) mass is 363 g/mol. The first kappa shape index (κ1) is 17.2. The van der Waals surface area contributed by atoms with E-state index in [9.17, 15) is 4.79 Å². The molecule has 0 spiro atoms. The smallest absolute Gasteiger partial charge is 0.253 e. The number of halogens is 2. The summed E-state index contributed by atoms with van der Waals surface area (Å²) in [4.78, 5) is 21.0. The predicted molar refractivity (Wildman–Crippen MR) is 96.5 cm³/mol. The molecule has 1 aliphatic heterocycles. The average molecular weight is 364 g/mol. The second-order valence-electron chi connectivity index (χ2n) is 5.92. The van der Waals surface area contributed by atoms with Gasteiger partial charge in [-0.05, 0) is 36.2 Å². The van der Waals surface area contributed by atoms with Crippen LogP contribution in [0.3, 0.4) is 0 Å². The summed E-state index contributed by atoms with van der Waals surface area (Å²) in [6, 6.07) is 10.9. The summed E-state index contributed by atoms with van der Waals surface area (Å²) in [6.45, 7) is 4.10. The molecule has 0 radical (unpaired) electrons. The largest absolute Gasteiger partial charge is 0.337 e. The quantitative estimate of drug-likeness (QED) is 0.779. The molecule has 3 rings (SSSR count). The second-order valence-corrected chi connectivity index (χ2v) is 6.75. The van der Waals surface area contributed by atoms with Crippen LogP contribution in [0.15, 0.2) is 42.6 Å². The van der Waals surface area contributed by atoms with Gasteiger partial charge in [0.05, 0.1) is 0 Å². The van der Waals surface area contributed by atoms with Crippen molar-refractivity contribution >= 4 is 29.1 Å². The zero-order valence-corrected chi connectivity index (χ0v) is 14.8. The molecule has 1 saturated heterocycles. The molecule has 1 aromatic carbocycles. The summed E-state index contributed by atoms with van der Waals surface area (Å²) >= 11 is 11.8. The maximum absolute atomic E-state index is 12.6. The Hall–Kier alpha value is -1.62. The van der Waals surface area contributed by atoms with Gasteiger partial charge in [0, 0.05) is 49.5 Å². The fraction of sp³-hybridized carbons (Fsp3) is 0.333.